The van der Waals surface area contributed by atoms with Gasteiger partial charge in [-0.15, -0.1) is 12.4 Å². The van der Waals surface area contributed by atoms with Crippen molar-refractivity contribution in [3.05, 3.63) is 60.3 Å². The quantitative estimate of drug-likeness (QED) is 0.763. The third-order valence-corrected chi connectivity index (χ3v) is 3.61. The molecule has 0 fully saturated rings. The first-order valence-electron chi connectivity index (χ1n) is 7.29. The maximum absolute atomic E-state index is 5.52. The lowest BCUT2D eigenvalue weighted by atomic mass is 10.2. The van der Waals surface area contributed by atoms with Crippen LogP contribution in [0.1, 0.15) is 11.1 Å². The highest BCUT2D eigenvalue weighted by molar-refractivity contribution is 5.85. The minimum Gasteiger partial charge on any atom is -0.454 e. The van der Waals surface area contributed by atoms with Gasteiger partial charge in [0.15, 0.2) is 17.3 Å². The number of benzene rings is 1. The molecule has 0 atom stereocenters. The Morgan fingerprint density at radius 1 is 1.08 bits per heavy atom. The minimum atomic E-state index is 0. The van der Waals surface area contributed by atoms with E-state index in [1.165, 1.54) is 6.33 Å². The summed E-state index contributed by atoms with van der Waals surface area (Å²) in [6, 6.07) is 9.84. The second-order valence-corrected chi connectivity index (χ2v) is 5.08. The monoisotopic (exact) mass is 345 g/mol. The number of aromatic nitrogens is 4. The molecule has 0 unspecified atom stereocenters. The molecule has 1 aliphatic heterocycles. The fourth-order valence-electron chi connectivity index (χ4n) is 2.55. The Labute approximate surface area is 145 Å². The van der Waals surface area contributed by atoms with Crippen molar-refractivity contribution in [3.8, 4) is 17.3 Å². The summed E-state index contributed by atoms with van der Waals surface area (Å²) in [5.41, 5.74) is 2.12. The molecule has 0 saturated carbocycles. The van der Waals surface area contributed by atoms with Crippen molar-refractivity contribution in [2.24, 2.45) is 0 Å². The molecule has 3 heterocycles. The first kappa shape index (κ1) is 16.2. The molecule has 3 aromatic rings. The van der Waals surface area contributed by atoms with Gasteiger partial charge in [0, 0.05) is 30.4 Å². The first-order chi connectivity index (χ1) is 11.4. The summed E-state index contributed by atoms with van der Waals surface area (Å²) in [7, 11) is 0. The molecule has 7 nitrogen and oxygen atoms in total. The molecule has 0 saturated heterocycles. The van der Waals surface area contributed by atoms with Gasteiger partial charge in [-0.2, -0.15) is 5.10 Å². The Bertz CT molecular complexity index is 810. The van der Waals surface area contributed by atoms with Crippen molar-refractivity contribution < 1.29 is 9.47 Å². The fourth-order valence-corrected chi connectivity index (χ4v) is 2.55. The van der Waals surface area contributed by atoms with Crippen LogP contribution in [0.15, 0.2) is 49.2 Å². The van der Waals surface area contributed by atoms with E-state index in [1.807, 2.05) is 30.3 Å². The number of ether oxygens (including phenoxy) is 2. The van der Waals surface area contributed by atoms with Crippen molar-refractivity contribution in [3.63, 3.8) is 0 Å². The molecule has 2 aromatic heterocycles. The van der Waals surface area contributed by atoms with Crippen LogP contribution in [0.4, 0.5) is 0 Å². The molecule has 1 aromatic carbocycles. The Morgan fingerprint density at radius 3 is 2.83 bits per heavy atom. The van der Waals surface area contributed by atoms with E-state index >= 15 is 0 Å². The average molecular weight is 346 g/mol. The van der Waals surface area contributed by atoms with Crippen LogP contribution in [0.25, 0.3) is 5.82 Å². The number of hydrogen-bond acceptors (Lipinski definition) is 6. The average Bonchev–Trinajstić information content (AvgIpc) is 3.27. The van der Waals surface area contributed by atoms with E-state index in [2.05, 4.69) is 20.4 Å². The molecule has 4 rings (SSSR count). The van der Waals surface area contributed by atoms with Crippen LogP contribution in [0.2, 0.25) is 0 Å². The molecule has 124 valence electrons. The van der Waals surface area contributed by atoms with Gasteiger partial charge in [-0.05, 0) is 12.1 Å². The molecule has 0 bridgehead atoms. The van der Waals surface area contributed by atoms with Gasteiger partial charge in [0.1, 0.15) is 12.7 Å². The molecule has 1 N–H and O–H groups in total. The summed E-state index contributed by atoms with van der Waals surface area (Å²) in [6.07, 6.45) is 4.88. The summed E-state index contributed by atoms with van der Waals surface area (Å²) >= 11 is 0. The van der Waals surface area contributed by atoms with Crippen LogP contribution in [-0.4, -0.2) is 26.5 Å². The summed E-state index contributed by atoms with van der Waals surface area (Å²) in [5, 5.41) is 7.55. The van der Waals surface area contributed by atoms with Crippen LogP contribution in [0.3, 0.4) is 0 Å². The van der Waals surface area contributed by atoms with Gasteiger partial charge in [0.2, 0.25) is 6.79 Å². The van der Waals surface area contributed by atoms with E-state index in [1.54, 1.807) is 17.2 Å². The maximum atomic E-state index is 5.52. The highest BCUT2D eigenvalue weighted by Crippen LogP contribution is 2.35. The lowest BCUT2D eigenvalue weighted by Gasteiger charge is -2.10. The van der Waals surface area contributed by atoms with Crippen molar-refractivity contribution in [1.29, 1.82) is 0 Å². The second kappa shape index (κ2) is 7.29. The van der Waals surface area contributed by atoms with Crippen LogP contribution < -0.4 is 14.8 Å². The van der Waals surface area contributed by atoms with Gasteiger partial charge in [0.05, 0.1) is 0 Å². The van der Waals surface area contributed by atoms with E-state index in [9.17, 15) is 0 Å². The lowest BCUT2D eigenvalue weighted by Crippen LogP contribution is -2.15. The molecule has 0 radical (unpaired) electrons. The smallest absolute Gasteiger partial charge is 0.231 e. The number of halogens is 1. The minimum absolute atomic E-state index is 0. The van der Waals surface area contributed by atoms with Crippen molar-refractivity contribution in [1.82, 2.24) is 25.1 Å². The fraction of sp³-hybridized carbons (Fsp3) is 0.188. The highest BCUT2D eigenvalue weighted by Gasteiger charge is 2.16. The van der Waals surface area contributed by atoms with Crippen LogP contribution in [-0.2, 0) is 13.1 Å². The third-order valence-electron chi connectivity index (χ3n) is 3.61. The molecule has 0 amide bonds. The standard InChI is InChI=1S/C16H15N5O2.ClH/c1-3-12(15-14(5-1)22-11-23-15)7-17-8-13-4-2-6-19-16(13)21-10-18-9-20-21;/h1-6,9-10,17H,7-8,11H2;1H. The largest absolute Gasteiger partial charge is 0.454 e. The SMILES string of the molecule is Cl.c1cnc(-n2cncn2)c(CNCc2cccc3c2OCO3)c1. The Hall–Kier alpha value is -2.64. The molecule has 0 spiro atoms. The first-order valence-corrected chi connectivity index (χ1v) is 7.29. The van der Waals surface area contributed by atoms with Gasteiger partial charge in [-0.3, -0.25) is 0 Å². The van der Waals surface area contributed by atoms with E-state index in [0.29, 0.717) is 13.1 Å². The Kier molecular flexibility index (Phi) is 4.93. The summed E-state index contributed by atoms with van der Waals surface area (Å²) in [6.45, 7) is 1.62. The zero-order valence-electron chi connectivity index (χ0n) is 12.8. The van der Waals surface area contributed by atoms with Crippen LogP contribution in [0, 0.1) is 0 Å². The number of para-hydroxylation sites is 1. The summed E-state index contributed by atoms with van der Waals surface area (Å²) in [5.74, 6) is 2.40. The van der Waals surface area contributed by atoms with E-state index in [4.69, 9.17) is 9.47 Å². The van der Waals surface area contributed by atoms with Crippen molar-refractivity contribution >= 4 is 12.4 Å². The molecular weight excluding hydrogens is 330 g/mol. The van der Waals surface area contributed by atoms with Gasteiger partial charge in [0.25, 0.3) is 0 Å². The highest BCUT2D eigenvalue weighted by atomic mass is 35.5. The van der Waals surface area contributed by atoms with E-state index < -0.39 is 0 Å². The zero-order valence-corrected chi connectivity index (χ0v) is 13.6. The van der Waals surface area contributed by atoms with Crippen molar-refractivity contribution in [2.45, 2.75) is 13.1 Å². The van der Waals surface area contributed by atoms with Gasteiger partial charge in [-0.25, -0.2) is 14.6 Å². The predicted octanol–water partition coefficient (Wildman–Crippen LogP) is 2.10. The third kappa shape index (κ3) is 3.17. The lowest BCUT2D eigenvalue weighted by molar-refractivity contribution is 0.173. The summed E-state index contributed by atoms with van der Waals surface area (Å²) < 4.78 is 12.6. The Balaban J connectivity index is 0.00000169. The number of rotatable bonds is 5. The summed E-state index contributed by atoms with van der Waals surface area (Å²) in [4.78, 5) is 8.35. The van der Waals surface area contributed by atoms with Gasteiger partial charge in [-0.1, -0.05) is 18.2 Å². The predicted molar refractivity (Wildman–Crippen MR) is 89.5 cm³/mol. The molecule has 8 heteroatoms. The topological polar surface area (TPSA) is 74.1 Å². The normalized spacial score (nSPS) is 12.0. The van der Waals surface area contributed by atoms with Gasteiger partial charge < -0.3 is 14.8 Å². The molecule has 24 heavy (non-hydrogen) atoms. The Morgan fingerprint density at radius 2 is 1.96 bits per heavy atom. The second-order valence-electron chi connectivity index (χ2n) is 5.08. The van der Waals surface area contributed by atoms with E-state index in [0.717, 1.165) is 28.4 Å². The van der Waals surface area contributed by atoms with Crippen LogP contribution >= 0.6 is 12.4 Å². The number of pyridine rings is 1. The molecule has 1 aliphatic rings. The number of nitrogens with zero attached hydrogens (tertiary/aromatic N) is 4. The number of hydrogen-bond donors (Lipinski definition) is 1. The molecule has 0 aliphatic carbocycles. The molecular formula is C16H16ClN5O2. The van der Waals surface area contributed by atoms with Crippen molar-refractivity contribution in [2.75, 3.05) is 6.79 Å². The van der Waals surface area contributed by atoms with Gasteiger partial charge >= 0.3 is 0 Å². The number of nitrogens with one attached hydrogen (secondary N) is 1. The van der Waals surface area contributed by atoms with E-state index in [-0.39, 0.29) is 19.2 Å². The number of fused-ring (bicyclic) bond motifs is 1. The zero-order chi connectivity index (χ0) is 15.5. The maximum Gasteiger partial charge on any atom is 0.231 e. The van der Waals surface area contributed by atoms with Crippen LogP contribution in [0.5, 0.6) is 11.5 Å².